The predicted molar refractivity (Wildman–Crippen MR) is 134 cm³/mol. The molecule has 2 aromatic rings. The molecule has 2 aromatic heterocycles. The van der Waals surface area contributed by atoms with Crippen LogP contribution < -0.4 is 4.74 Å². The molecule has 9 nitrogen and oxygen atoms in total. The normalized spacial score (nSPS) is 22.2. The van der Waals surface area contributed by atoms with Crippen LogP contribution in [0.1, 0.15) is 61.0 Å². The molecule has 3 atom stereocenters. The lowest BCUT2D eigenvalue weighted by atomic mass is 9.99. The molecule has 3 heterocycles. The number of aliphatic hydroxyl groups is 2. The number of ether oxygens (including phenoxy) is 1. The zero-order valence-electron chi connectivity index (χ0n) is 21.2. The van der Waals surface area contributed by atoms with E-state index in [9.17, 15) is 15.0 Å². The number of amides is 1. The first kappa shape index (κ1) is 26.0. The number of rotatable bonds is 6. The number of hydrogen-bond acceptors (Lipinski definition) is 8. The molecule has 1 aliphatic carbocycles. The van der Waals surface area contributed by atoms with Gasteiger partial charge >= 0.3 is 0 Å². The molecular formula is C27H35N5O4. The maximum absolute atomic E-state index is 13.6. The first-order chi connectivity index (χ1) is 17.3. The van der Waals surface area contributed by atoms with Crippen LogP contribution in [0.25, 0.3) is 0 Å². The fraction of sp³-hybridized carbons (Fsp3) is 0.556. The highest BCUT2D eigenvalue weighted by molar-refractivity contribution is 5.97. The molecule has 0 radical (unpaired) electrons. The summed E-state index contributed by atoms with van der Waals surface area (Å²) in [5.41, 5.74) is 0.886. The van der Waals surface area contributed by atoms with E-state index >= 15 is 0 Å². The van der Waals surface area contributed by atoms with Crippen LogP contribution in [0.4, 0.5) is 0 Å². The van der Waals surface area contributed by atoms with Gasteiger partial charge in [-0.2, -0.15) is 0 Å². The summed E-state index contributed by atoms with van der Waals surface area (Å²) in [6.45, 7) is 5.41. The SMILES string of the molecule is C[C@H](CO)N1C[C@H](C)[C@H](CN(C)Cc2cncnc2)Oc2ncc(C#CC3(O)CCCC3)cc2C1=O. The summed E-state index contributed by atoms with van der Waals surface area (Å²) >= 11 is 0. The molecule has 0 spiro atoms. The zero-order chi connectivity index (χ0) is 25.7. The van der Waals surface area contributed by atoms with Gasteiger partial charge in [-0.05, 0) is 45.7 Å². The first-order valence-corrected chi connectivity index (χ1v) is 12.5. The number of carbonyl (C=O) groups excluding carboxylic acids is 1. The number of likely N-dealkylation sites (N-methyl/N-ethyl adjacent to an activating group) is 1. The predicted octanol–water partition coefficient (Wildman–Crippen LogP) is 1.88. The van der Waals surface area contributed by atoms with E-state index < -0.39 is 5.60 Å². The monoisotopic (exact) mass is 493 g/mol. The smallest absolute Gasteiger partial charge is 0.259 e. The number of pyridine rings is 1. The minimum Gasteiger partial charge on any atom is -0.472 e. The van der Waals surface area contributed by atoms with Crippen molar-refractivity contribution in [1.82, 2.24) is 24.8 Å². The number of aromatic nitrogens is 3. The highest BCUT2D eigenvalue weighted by Gasteiger charge is 2.34. The molecule has 4 rings (SSSR count). The molecule has 0 saturated heterocycles. The average molecular weight is 494 g/mol. The van der Waals surface area contributed by atoms with Crippen LogP contribution in [0, 0.1) is 17.8 Å². The first-order valence-electron chi connectivity index (χ1n) is 12.5. The zero-order valence-corrected chi connectivity index (χ0v) is 21.2. The lowest BCUT2D eigenvalue weighted by Gasteiger charge is -2.37. The van der Waals surface area contributed by atoms with E-state index in [0.29, 0.717) is 43.6 Å². The Balaban J connectivity index is 1.61. The molecule has 2 aliphatic rings. The summed E-state index contributed by atoms with van der Waals surface area (Å²) in [4.78, 5) is 30.0. The van der Waals surface area contributed by atoms with Crippen molar-refractivity contribution >= 4 is 5.91 Å². The Labute approximate surface area is 212 Å². The fourth-order valence-electron chi connectivity index (χ4n) is 4.76. The van der Waals surface area contributed by atoms with Gasteiger partial charge in [0.2, 0.25) is 5.88 Å². The second kappa shape index (κ2) is 11.3. The number of hydrogen-bond donors (Lipinski definition) is 2. The Hall–Kier alpha value is -3.06. The van der Waals surface area contributed by atoms with Crippen LogP contribution in [-0.4, -0.2) is 85.4 Å². The summed E-state index contributed by atoms with van der Waals surface area (Å²) in [6.07, 6.45) is 9.66. The van der Waals surface area contributed by atoms with Crippen molar-refractivity contribution in [3.05, 3.63) is 47.7 Å². The molecule has 1 fully saturated rings. The third-order valence-corrected chi connectivity index (χ3v) is 6.95. The molecule has 9 heteroatoms. The largest absolute Gasteiger partial charge is 0.472 e. The van der Waals surface area contributed by atoms with E-state index in [-0.39, 0.29) is 36.5 Å². The maximum Gasteiger partial charge on any atom is 0.259 e. The molecule has 0 bridgehead atoms. The molecule has 36 heavy (non-hydrogen) atoms. The van der Waals surface area contributed by atoms with Gasteiger partial charge in [0.15, 0.2) is 0 Å². The molecular weight excluding hydrogens is 458 g/mol. The standard InChI is InChI=1S/C27H35N5O4/c1-19-14-32(20(2)17-33)26(34)23-10-21(6-9-27(35)7-4-5-8-27)13-30-25(23)36-24(19)16-31(3)15-22-11-28-18-29-12-22/h10-13,18-20,24,33,35H,4-5,7-8,14-17H2,1-3H3/t19-,20+,24-/m0/s1. The molecule has 192 valence electrons. The third kappa shape index (κ3) is 6.19. The third-order valence-electron chi connectivity index (χ3n) is 6.95. The highest BCUT2D eigenvalue weighted by Crippen LogP contribution is 2.30. The van der Waals surface area contributed by atoms with Gasteiger partial charge in [0.05, 0.1) is 12.6 Å². The van der Waals surface area contributed by atoms with Crippen LogP contribution in [0.5, 0.6) is 5.88 Å². The topological polar surface area (TPSA) is 112 Å². The molecule has 1 saturated carbocycles. The summed E-state index contributed by atoms with van der Waals surface area (Å²) in [7, 11) is 2.00. The summed E-state index contributed by atoms with van der Waals surface area (Å²) < 4.78 is 6.35. The van der Waals surface area contributed by atoms with Crippen molar-refractivity contribution in [2.45, 2.75) is 63.8 Å². The molecule has 1 amide bonds. The lowest BCUT2D eigenvalue weighted by molar-refractivity contribution is 0.0325. The van der Waals surface area contributed by atoms with Gasteiger partial charge in [-0.3, -0.25) is 9.69 Å². The minimum atomic E-state index is -0.975. The van der Waals surface area contributed by atoms with Crippen LogP contribution in [-0.2, 0) is 6.54 Å². The van der Waals surface area contributed by atoms with Gasteiger partial charge in [-0.15, -0.1) is 0 Å². The Morgan fingerprint density at radius 1 is 1.28 bits per heavy atom. The van der Waals surface area contributed by atoms with Gasteiger partial charge in [-0.25, -0.2) is 15.0 Å². The minimum absolute atomic E-state index is 0.0107. The summed E-state index contributed by atoms with van der Waals surface area (Å²) in [5, 5.41) is 20.4. The quantitative estimate of drug-likeness (QED) is 0.587. The number of aliphatic hydroxyl groups excluding tert-OH is 1. The molecule has 0 aromatic carbocycles. The van der Waals surface area contributed by atoms with E-state index in [4.69, 9.17) is 4.74 Å². The van der Waals surface area contributed by atoms with Crippen molar-refractivity contribution < 1.29 is 19.7 Å². The summed E-state index contributed by atoms with van der Waals surface area (Å²) in [6, 6.07) is 1.32. The van der Waals surface area contributed by atoms with Crippen LogP contribution in [0.3, 0.4) is 0 Å². The second-order valence-corrected chi connectivity index (χ2v) is 10.1. The van der Waals surface area contributed by atoms with Gasteiger partial charge < -0.3 is 19.8 Å². The second-order valence-electron chi connectivity index (χ2n) is 10.1. The Morgan fingerprint density at radius 3 is 2.69 bits per heavy atom. The molecule has 1 aliphatic heterocycles. The van der Waals surface area contributed by atoms with Crippen LogP contribution in [0.15, 0.2) is 31.0 Å². The maximum atomic E-state index is 13.6. The number of nitrogens with zero attached hydrogens (tertiary/aromatic N) is 5. The fourth-order valence-corrected chi connectivity index (χ4v) is 4.76. The highest BCUT2D eigenvalue weighted by atomic mass is 16.5. The van der Waals surface area contributed by atoms with Crippen LogP contribution >= 0.6 is 0 Å². The van der Waals surface area contributed by atoms with Crippen LogP contribution in [0.2, 0.25) is 0 Å². The van der Waals surface area contributed by atoms with Crippen molar-refractivity contribution in [2.75, 3.05) is 26.7 Å². The summed E-state index contributed by atoms with van der Waals surface area (Å²) in [5.74, 6) is 5.99. The van der Waals surface area contributed by atoms with Crippen molar-refractivity contribution in [3.8, 4) is 17.7 Å². The van der Waals surface area contributed by atoms with Gasteiger partial charge in [0.25, 0.3) is 5.91 Å². The Kier molecular flexibility index (Phi) is 8.19. The van der Waals surface area contributed by atoms with E-state index in [2.05, 4.69) is 31.7 Å². The van der Waals surface area contributed by atoms with Crippen molar-refractivity contribution in [2.24, 2.45) is 5.92 Å². The average Bonchev–Trinajstić information content (AvgIpc) is 3.31. The number of fused-ring (bicyclic) bond motifs is 1. The van der Waals surface area contributed by atoms with Crippen molar-refractivity contribution in [1.29, 1.82) is 0 Å². The number of carbonyl (C=O) groups is 1. The lowest BCUT2D eigenvalue weighted by Crippen LogP contribution is -2.49. The Morgan fingerprint density at radius 2 is 2.00 bits per heavy atom. The van der Waals surface area contributed by atoms with Gasteiger partial charge in [0, 0.05) is 55.3 Å². The van der Waals surface area contributed by atoms with Gasteiger partial charge in [-0.1, -0.05) is 18.8 Å². The van der Waals surface area contributed by atoms with E-state index in [0.717, 1.165) is 18.4 Å². The Bertz CT molecular complexity index is 1110. The molecule has 2 N–H and O–H groups in total. The van der Waals surface area contributed by atoms with E-state index in [1.807, 2.05) is 20.9 Å². The van der Waals surface area contributed by atoms with Gasteiger partial charge in [0.1, 0.15) is 23.6 Å². The van der Waals surface area contributed by atoms with E-state index in [1.165, 1.54) is 6.33 Å². The molecule has 0 unspecified atom stereocenters. The van der Waals surface area contributed by atoms with Crippen molar-refractivity contribution in [3.63, 3.8) is 0 Å². The van der Waals surface area contributed by atoms with E-state index in [1.54, 1.807) is 29.6 Å².